The van der Waals surface area contributed by atoms with Crippen molar-refractivity contribution in [1.82, 2.24) is 5.32 Å². The molecule has 0 radical (unpaired) electrons. The van der Waals surface area contributed by atoms with Crippen molar-refractivity contribution in [3.8, 4) is 11.5 Å². The summed E-state index contributed by atoms with van der Waals surface area (Å²) in [6, 6.07) is 12.2. The van der Waals surface area contributed by atoms with Gasteiger partial charge in [-0.25, -0.2) is 0 Å². The Morgan fingerprint density at radius 3 is 2.69 bits per heavy atom. The Balaban J connectivity index is 1.73. The second kappa shape index (κ2) is 7.74. The quantitative estimate of drug-likeness (QED) is 0.811. The highest BCUT2D eigenvalue weighted by Crippen LogP contribution is 2.39. The van der Waals surface area contributed by atoms with Crippen LogP contribution >= 0.6 is 0 Å². The number of benzene rings is 2. The lowest BCUT2D eigenvalue weighted by molar-refractivity contribution is -0.111. The van der Waals surface area contributed by atoms with Gasteiger partial charge in [-0.05, 0) is 36.4 Å². The number of amides is 2. The molecule has 3 rings (SSSR count). The molecule has 0 fully saturated rings. The second-order valence-electron chi connectivity index (χ2n) is 5.81. The Hall–Kier alpha value is -3.28. The molecule has 1 unspecified atom stereocenters. The molecule has 6 heteroatoms. The molecular formula is C20H20N2O4. The van der Waals surface area contributed by atoms with E-state index in [0.29, 0.717) is 35.8 Å². The summed E-state index contributed by atoms with van der Waals surface area (Å²) in [5.74, 6) is 0.847. The summed E-state index contributed by atoms with van der Waals surface area (Å²) in [6.07, 6.45) is 1.87. The van der Waals surface area contributed by atoms with Gasteiger partial charge in [0, 0.05) is 23.2 Å². The summed E-state index contributed by atoms with van der Waals surface area (Å²) >= 11 is 0. The highest BCUT2D eigenvalue weighted by molar-refractivity contribution is 5.99. The third kappa shape index (κ3) is 3.69. The van der Waals surface area contributed by atoms with E-state index in [4.69, 9.17) is 9.47 Å². The molecule has 0 bridgehead atoms. The van der Waals surface area contributed by atoms with Crippen molar-refractivity contribution in [3.63, 3.8) is 0 Å². The number of carbonyl (C=O) groups excluding carboxylic acids is 2. The van der Waals surface area contributed by atoms with Crippen molar-refractivity contribution in [1.29, 1.82) is 0 Å². The maximum absolute atomic E-state index is 12.6. The van der Waals surface area contributed by atoms with E-state index in [9.17, 15) is 9.59 Å². The summed E-state index contributed by atoms with van der Waals surface area (Å²) in [5.41, 5.74) is 2.02. The Morgan fingerprint density at radius 1 is 1.23 bits per heavy atom. The van der Waals surface area contributed by atoms with Crippen LogP contribution in [0, 0.1) is 0 Å². The van der Waals surface area contributed by atoms with Crippen LogP contribution in [0.5, 0.6) is 11.5 Å². The number of ether oxygens (including phenoxy) is 2. The minimum absolute atomic E-state index is 0.151. The molecule has 2 amide bonds. The molecule has 134 valence electrons. The van der Waals surface area contributed by atoms with Crippen molar-refractivity contribution >= 4 is 17.5 Å². The van der Waals surface area contributed by atoms with Gasteiger partial charge in [-0.2, -0.15) is 0 Å². The fourth-order valence-electron chi connectivity index (χ4n) is 2.85. The number of anilines is 1. The Bertz CT molecular complexity index is 830. The molecule has 26 heavy (non-hydrogen) atoms. The van der Waals surface area contributed by atoms with Crippen LogP contribution in [0.2, 0.25) is 0 Å². The number of hydrogen-bond acceptors (Lipinski definition) is 4. The number of rotatable bonds is 5. The second-order valence-corrected chi connectivity index (χ2v) is 5.81. The van der Waals surface area contributed by atoms with Crippen LogP contribution in [0.4, 0.5) is 5.69 Å². The van der Waals surface area contributed by atoms with E-state index in [1.165, 1.54) is 6.08 Å². The van der Waals surface area contributed by atoms with Gasteiger partial charge in [0.15, 0.2) is 11.5 Å². The average Bonchev–Trinajstić information content (AvgIpc) is 2.68. The third-order valence-corrected chi connectivity index (χ3v) is 4.16. The molecule has 1 aliphatic rings. The zero-order valence-electron chi connectivity index (χ0n) is 14.5. The van der Waals surface area contributed by atoms with E-state index in [-0.39, 0.29) is 17.9 Å². The van der Waals surface area contributed by atoms with Gasteiger partial charge in [0.1, 0.15) is 0 Å². The maximum Gasteiger partial charge on any atom is 0.251 e. The summed E-state index contributed by atoms with van der Waals surface area (Å²) in [4.78, 5) is 23.9. The van der Waals surface area contributed by atoms with Gasteiger partial charge in [-0.15, -0.1) is 0 Å². The topological polar surface area (TPSA) is 76.7 Å². The molecule has 6 nitrogen and oxygen atoms in total. The van der Waals surface area contributed by atoms with E-state index in [2.05, 4.69) is 17.2 Å². The van der Waals surface area contributed by atoms with Crippen LogP contribution in [-0.2, 0) is 4.79 Å². The monoisotopic (exact) mass is 352 g/mol. The van der Waals surface area contributed by atoms with E-state index in [1.807, 2.05) is 18.2 Å². The molecule has 1 heterocycles. The van der Waals surface area contributed by atoms with Crippen molar-refractivity contribution in [2.75, 3.05) is 19.0 Å². The Labute approximate surface area is 151 Å². The van der Waals surface area contributed by atoms with E-state index < -0.39 is 0 Å². The molecule has 2 aromatic carbocycles. The highest BCUT2D eigenvalue weighted by Gasteiger charge is 2.25. The predicted octanol–water partition coefficient (Wildman–Crippen LogP) is 3.07. The SMILES string of the molecule is C=CC(=O)Nc1ccc(C(=O)NC2CCOc3c(OC)cccc32)cc1. The van der Waals surface area contributed by atoms with Crippen LogP contribution < -0.4 is 20.1 Å². The zero-order valence-corrected chi connectivity index (χ0v) is 14.5. The van der Waals surface area contributed by atoms with Gasteiger partial charge in [0.05, 0.1) is 19.8 Å². The van der Waals surface area contributed by atoms with Crippen LogP contribution in [0.3, 0.4) is 0 Å². The minimum Gasteiger partial charge on any atom is -0.493 e. The molecule has 0 saturated heterocycles. The zero-order chi connectivity index (χ0) is 18.5. The van der Waals surface area contributed by atoms with Crippen LogP contribution in [0.15, 0.2) is 55.1 Å². The average molecular weight is 352 g/mol. The largest absolute Gasteiger partial charge is 0.493 e. The lowest BCUT2D eigenvalue weighted by atomic mass is 9.99. The normalized spacial score (nSPS) is 15.2. The molecule has 2 aromatic rings. The number of fused-ring (bicyclic) bond motifs is 1. The van der Waals surface area contributed by atoms with Gasteiger partial charge < -0.3 is 20.1 Å². The molecule has 0 spiro atoms. The highest BCUT2D eigenvalue weighted by atomic mass is 16.5. The summed E-state index contributed by atoms with van der Waals surface area (Å²) in [7, 11) is 1.59. The van der Waals surface area contributed by atoms with Crippen LogP contribution in [-0.4, -0.2) is 25.5 Å². The summed E-state index contributed by atoms with van der Waals surface area (Å²) < 4.78 is 11.0. The Morgan fingerprint density at radius 2 is 2.00 bits per heavy atom. The van der Waals surface area contributed by atoms with E-state index in [1.54, 1.807) is 31.4 Å². The number of para-hydroxylation sites is 1. The molecule has 0 aromatic heterocycles. The van der Waals surface area contributed by atoms with E-state index in [0.717, 1.165) is 5.56 Å². The molecule has 1 atom stereocenters. The van der Waals surface area contributed by atoms with Crippen LogP contribution in [0.25, 0.3) is 0 Å². The predicted molar refractivity (Wildman–Crippen MR) is 98.6 cm³/mol. The minimum atomic E-state index is -0.296. The first-order valence-corrected chi connectivity index (χ1v) is 8.26. The van der Waals surface area contributed by atoms with Crippen molar-refractivity contribution in [2.45, 2.75) is 12.5 Å². The van der Waals surface area contributed by atoms with Crippen LogP contribution in [0.1, 0.15) is 28.4 Å². The number of hydrogen-bond donors (Lipinski definition) is 2. The molecular weight excluding hydrogens is 332 g/mol. The van der Waals surface area contributed by atoms with Crippen molar-refractivity contribution < 1.29 is 19.1 Å². The lowest BCUT2D eigenvalue weighted by Crippen LogP contribution is -2.32. The van der Waals surface area contributed by atoms with Crippen molar-refractivity contribution in [2.24, 2.45) is 0 Å². The first-order chi connectivity index (χ1) is 12.6. The van der Waals surface area contributed by atoms with E-state index >= 15 is 0 Å². The maximum atomic E-state index is 12.6. The van der Waals surface area contributed by atoms with Gasteiger partial charge in [0.25, 0.3) is 5.91 Å². The standard InChI is InChI=1S/C20H20N2O4/c1-3-18(23)21-14-9-7-13(8-10-14)20(24)22-16-11-12-26-19-15(16)5-4-6-17(19)25-2/h3-10,16H,1,11-12H2,2H3,(H,21,23)(H,22,24). The molecule has 0 aliphatic carbocycles. The van der Waals surface area contributed by atoms with Gasteiger partial charge in [-0.3, -0.25) is 9.59 Å². The molecule has 0 saturated carbocycles. The smallest absolute Gasteiger partial charge is 0.251 e. The fourth-order valence-corrected chi connectivity index (χ4v) is 2.85. The number of methoxy groups -OCH3 is 1. The first kappa shape index (κ1) is 17.5. The fraction of sp³-hybridized carbons (Fsp3) is 0.200. The lowest BCUT2D eigenvalue weighted by Gasteiger charge is -2.27. The first-order valence-electron chi connectivity index (χ1n) is 8.26. The summed E-state index contributed by atoms with van der Waals surface area (Å²) in [6.45, 7) is 3.91. The number of nitrogens with one attached hydrogen (secondary N) is 2. The van der Waals surface area contributed by atoms with Gasteiger partial charge in [0.2, 0.25) is 5.91 Å². The summed E-state index contributed by atoms with van der Waals surface area (Å²) in [5, 5.41) is 5.68. The molecule has 2 N–H and O–H groups in total. The van der Waals surface area contributed by atoms with Gasteiger partial charge >= 0.3 is 0 Å². The number of carbonyl (C=O) groups is 2. The molecule has 1 aliphatic heterocycles. The third-order valence-electron chi connectivity index (χ3n) is 4.16. The van der Waals surface area contributed by atoms with Gasteiger partial charge in [-0.1, -0.05) is 18.7 Å². The van der Waals surface area contributed by atoms with Crippen molar-refractivity contribution in [3.05, 3.63) is 66.2 Å². The Kier molecular flexibility index (Phi) is 5.22.